The Morgan fingerprint density at radius 1 is 1.11 bits per heavy atom. The highest BCUT2D eigenvalue weighted by Gasteiger charge is 2.23. The van der Waals surface area contributed by atoms with Crippen molar-refractivity contribution in [2.24, 2.45) is 0 Å². The number of nitrogens with one attached hydrogen (secondary N) is 1. The predicted octanol–water partition coefficient (Wildman–Crippen LogP) is 4.03. The maximum Gasteiger partial charge on any atom is 0.224 e. The molecule has 1 atom stereocenters. The zero-order valence-corrected chi connectivity index (χ0v) is 16.9. The Morgan fingerprint density at radius 2 is 1.74 bits per heavy atom. The van der Waals surface area contributed by atoms with Gasteiger partial charge in [-0.1, -0.05) is 59.1 Å². The number of amides is 1. The smallest absolute Gasteiger partial charge is 0.224 e. The van der Waals surface area contributed by atoms with E-state index >= 15 is 0 Å². The van der Waals surface area contributed by atoms with Crippen LogP contribution in [0.15, 0.2) is 42.5 Å². The van der Waals surface area contributed by atoms with Gasteiger partial charge in [-0.3, -0.25) is 9.69 Å². The molecule has 2 aromatic rings. The lowest BCUT2D eigenvalue weighted by Gasteiger charge is -2.35. The van der Waals surface area contributed by atoms with Gasteiger partial charge in [0.15, 0.2) is 0 Å². The van der Waals surface area contributed by atoms with Crippen molar-refractivity contribution in [3.05, 3.63) is 69.2 Å². The van der Waals surface area contributed by atoms with E-state index in [0.29, 0.717) is 35.4 Å². The van der Waals surface area contributed by atoms with Gasteiger partial charge in [-0.25, -0.2) is 0 Å². The largest absolute Gasteiger partial charge is 0.379 e. The lowest BCUT2D eigenvalue weighted by Crippen LogP contribution is -2.44. The van der Waals surface area contributed by atoms with Gasteiger partial charge in [0, 0.05) is 29.7 Å². The third-order valence-electron chi connectivity index (χ3n) is 4.84. The molecule has 1 heterocycles. The summed E-state index contributed by atoms with van der Waals surface area (Å²) in [5, 5.41) is 4.09. The maximum absolute atomic E-state index is 12.5. The van der Waals surface area contributed by atoms with E-state index in [2.05, 4.69) is 41.4 Å². The van der Waals surface area contributed by atoms with E-state index in [0.717, 1.165) is 13.1 Å². The van der Waals surface area contributed by atoms with Crippen LogP contribution in [-0.2, 0) is 16.0 Å². The minimum Gasteiger partial charge on any atom is -0.379 e. The summed E-state index contributed by atoms with van der Waals surface area (Å²) in [5.74, 6) is -0.0876. The molecule has 4 nitrogen and oxygen atoms in total. The number of ether oxygens (including phenoxy) is 1. The van der Waals surface area contributed by atoms with Crippen LogP contribution >= 0.6 is 23.2 Å². The van der Waals surface area contributed by atoms with E-state index in [1.54, 1.807) is 18.2 Å². The molecule has 0 spiro atoms. The van der Waals surface area contributed by atoms with Crippen molar-refractivity contribution in [3.8, 4) is 0 Å². The van der Waals surface area contributed by atoms with Crippen LogP contribution in [0.25, 0.3) is 0 Å². The number of hydrogen-bond acceptors (Lipinski definition) is 3. The molecule has 0 aromatic heterocycles. The minimum atomic E-state index is -0.0876. The fourth-order valence-electron chi connectivity index (χ4n) is 3.27. The number of carbonyl (C=O) groups is 1. The molecule has 27 heavy (non-hydrogen) atoms. The first-order valence-corrected chi connectivity index (χ1v) is 9.88. The maximum atomic E-state index is 12.5. The highest BCUT2D eigenvalue weighted by molar-refractivity contribution is 6.36. The summed E-state index contributed by atoms with van der Waals surface area (Å²) in [6.07, 6.45) is 0.169. The van der Waals surface area contributed by atoms with Gasteiger partial charge in [-0.15, -0.1) is 0 Å². The van der Waals surface area contributed by atoms with E-state index in [4.69, 9.17) is 27.9 Å². The molecule has 0 saturated carbocycles. The molecule has 144 valence electrons. The van der Waals surface area contributed by atoms with Gasteiger partial charge in [0.05, 0.1) is 25.7 Å². The lowest BCUT2D eigenvalue weighted by molar-refractivity contribution is -0.120. The standard InChI is InChI=1S/C21H24Cl2N2O2/c1-15-5-7-16(8-6-15)20(25-9-11-27-12-10-25)14-24-21(26)13-17-18(22)3-2-4-19(17)23/h2-8,20H,9-14H2,1H3,(H,24,26). The number of nitrogens with zero attached hydrogens (tertiary/aromatic N) is 1. The molecule has 1 fully saturated rings. The second-order valence-electron chi connectivity index (χ2n) is 6.76. The number of aryl methyl sites for hydroxylation is 1. The molecule has 1 amide bonds. The van der Waals surface area contributed by atoms with E-state index in [9.17, 15) is 4.79 Å². The van der Waals surface area contributed by atoms with Gasteiger partial charge in [0.1, 0.15) is 0 Å². The highest BCUT2D eigenvalue weighted by atomic mass is 35.5. The molecule has 2 aromatic carbocycles. The number of benzene rings is 2. The monoisotopic (exact) mass is 406 g/mol. The van der Waals surface area contributed by atoms with Gasteiger partial charge in [-0.05, 0) is 30.2 Å². The van der Waals surface area contributed by atoms with Crippen molar-refractivity contribution in [1.82, 2.24) is 10.2 Å². The van der Waals surface area contributed by atoms with Crippen LogP contribution in [0, 0.1) is 6.92 Å². The van der Waals surface area contributed by atoms with Crippen molar-refractivity contribution in [2.45, 2.75) is 19.4 Å². The number of halogens is 2. The second-order valence-corrected chi connectivity index (χ2v) is 7.57. The van der Waals surface area contributed by atoms with Gasteiger partial charge in [0.2, 0.25) is 5.91 Å². The van der Waals surface area contributed by atoms with Gasteiger partial charge in [0.25, 0.3) is 0 Å². The quantitative estimate of drug-likeness (QED) is 0.786. The van der Waals surface area contributed by atoms with Crippen LogP contribution in [0.3, 0.4) is 0 Å². The molecule has 1 N–H and O–H groups in total. The summed E-state index contributed by atoms with van der Waals surface area (Å²) in [6.45, 7) is 5.74. The number of rotatable bonds is 6. The van der Waals surface area contributed by atoms with Gasteiger partial charge < -0.3 is 10.1 Å². The van der Waals surface area contributed by atoms with Crippen LogP contribution in [0.5, 0.6) is 0 Å². The molecular weight excluding hydrogens is 383 g/mol. The van der Waals surface area contributed by atoms with Crippen molar-refractivity contribution in [2.75, 3.05) is 32.8 Å². The summed E-state index contributed by atoms with van der Waals surface area (Å²) in [6, 6.07) is 13.9. The summed E-state index contributed by atoms with van der Waals surface area (Å²) < 4.78 is 5.48. The fourth-order valence-corrected chi connectivity index (χ4v) is 3.80. The van der Waals surface area contributed by atoms with Crippen molar-refractivity contribution >= 4 is 29.1 Å². The van der Waals surface area contributed by atoms with Crippen molar-refractivity contribution in [3.63, 3.8) is 0 Å². The second kappa shape index (κ2) is 9.56. The number of carbonyl (C=O) groups excluding carboxylic acids is 1. The first-order chi connectivity index (χ1) is 13.0. The zero-order valence-electron chi connectivity index (χ0n) is 15.4. The third kappa shape index (κ3) is 5.45. The first-order valence-electron chi connectivity index (χ1n) is 9.12. The molecule has 0 radical (unpaired) electrons. The Bertz CT molecular complexity index is 754. The highest BCUT2D eigenvalue weighted by Crippen LogP contribution is 2.25. The third-order valence-corrected chi connectivity index (χ3v) is 5.55. The normalized spacial score (nSPS) is 16.1. The van der Waals surface area contributed by atoms with E-state index in [1.165, 1.54) is 11.1 Å². The SMILES string of the molecule is Cc1ccc(C(CNC(=O)Cc2c(Cl)cccc2Cl)N2CCOCC2)cc1. The average Bonchev–Trinajstić information content (AvgIpc) is 2.67. The molecule has 6 heteroatoms. The summed E-state index contributed by atoms with van der Waals surface area (Å²) in [5.41, 5.74) is 3.08. The van der Waals surface area contributed by atoms with Crippen molar-refractivity contribution < 1.29 is 9.53 Å². The zero-order chi connectivity index (χ0) is 19.2. The van der Waals surface area contributed by atoms with Crippen LogP contribution < -0.4 is 5.32 Å². The van der Waals surface area contributed by atoms with Crippen LogP contribution in [0.1, 0.15) is 22.7 Å². The van der Waals surface area contributed by atoms with E-state index < -0.39 is 0 Å². The van der Waals surface area contributed by atoms with Crippen LogP contribution in [0.4, 0.5) is 0 Å². The number of morpholine rings is 1. The van der Waals surface area contributed by atoms with Gasteiger partial charge >= 0.3 is 0 Å². The Kier molecular flexibility index (Phi) is 7.13. The molecule has 0 bridgehead atoms. The first kappa shape index (κ1) is 20.2. The Labute approximate surface area is 170 Å². The summed E-state index contributed by atoms with van der Waals surface area (Å²) in [7, 11) is 0. The summed E-state index contributed by atoms with van der Waals surface area (Å²) >= 11 is 12.4. The lowest BCUT2D eigenvalue weighted by atomic mass is 10.0. The van der Waals surface area contributed by atoms with Gasteiger partial charge in [-0.2, -0.15) is 0 Å². The van der Waals surface area contributed by atoms with Crippen LogP contribution in [-0.4, -0.2) is 43.7 Å². The van der Waals surface area contributed by atoms with Crippen LogP contribution in [0.2, 0.25) is 10.0 Å². The van der Waals surface area contributed by atoms with Crippen molar-refractivity contribution in [1.29, 1.82) is 0 Å². The Hall–Kier alpha value is -1.59. The minimum absolute atomic E-state index is 0.0876. The van der Waals surface area contributed by atoms with E-state index in [-0.39, 0.29) is 18.4 Å². The molecule has 1 unspecified atom stereocenters. The average molecular weight is 407 g/mol. The molecule has 0 aliphatic carbocycles. The molecule has 1 saturated heterocycles. The summed E-state index contributed by atoms with van der Waals surface area (Å²) in [4.78, 5) is 14.9. The topological polar surface area (TPSA) is 41.6 Å². The molecular formula is C21H24Cl2N2O2. The van der Waals surface area contributed by atoms with E-state index in [1.807, 2.05) is 0 Å². The fraction of sp³-hybridized carbons (Fsp3) is 0.381. The Balaban J connectivity index is 1.68. The Morgan fingerprint density at radius 3 is 2.37 bits per heavy atom. The number of hydrogen-bond donors (Lipinski definition) is 1. The molecule has 1 aliphatic heterocycles. The molecule has 3 rings (SSSR count). The predicted molar refractivity (Wildman–Crippen MR) is 109 cm³/mol. The molecule has 1 aliphatic rings.